The molecule has 3 radical (unpaired) electrons. The molecule has 0 heterocycles. The maximum absolute atomic E-state index is 6.02. The molecule has 0 bridgehead atoms. The molecule has 14 heavy (non-hydrogen) atoms. The van der Waals surface area contributed by atoms with E-state index >= 15 is 0 Å². The van der Waals surface area contributed by atoms with Crippen molar-refractivity contribution < 1.29 is 0 Å². The predicted octanol–water partition coefficient (Wildman–Crippen LogP) is 4.13. The minimum atomic E-state index is -0.945. The summed E-state index contributed by atoms with van der Waals surface area (Å²) >= 11 is 17.9. The maximum Gasteiger partial charge on any atom is 0.106 e. The normalized spacial score (nSPS) is 14.1. The maximum atomic E-state index is 6.02. The predicted molar refractivity (Wildman–Crippen MR) is 64.7 cm³/mol. The largest absolute Gasteiger partial charge is 0.106 e. The van der Waals surface area contributed by atoms with Crippen molar-refractivity contribution in [3.63, 3.8) is 0 Å². The van der Waals surface area contributed by atoms with Crippen molar-refractivity contribution >= 4 is 45.0 Å². The molecule has 0 nitrogen and oxygen atoms in total. The van der Waals surface area contributed by atoms with Crippen LogP contribution in [0.15, 0.2) is 24.3 Å². The van der Waals surface area contributed by atoms with Gasteiger partial charge in [0.1, 0.15) is 3.96 Å². The molecule has 0 aliphatic heterocycles. The fraction of sp³-hybridized carbons (Fsp3) is 0.400. The van der Waals surface area contributed by atoms with Gasteiger partial charge in [-0.2, -0.15) is 0 Å². The minimum absolute atomic E-state index is 0.0289. The van der Waals surface area contributed by atoms with Gasteiger partial charge in [-0.25, -0.2) is 0 Å². The summed E-state index contributed by atoms with van der Waals surface area (Å²) in [6.45, 7) is 2.03. The van der Waals surface area contributed by atoms with Crippen molar-refractivity contribution in [3.8, 4) is 0 Å². The quantitative estimate of drug-likeness (QED) is 0.569. The van der Waals surface area contributed by atoms with Crippen LogP contribution in [0, 0.1) is 0 Å². The molecule has 75 valence electrons. The van der Waals surface area contributed by atoms with Gasteiger partial charge in [0, 0.05) is 10.9 Å². The molecular formula is C10H10Cl3Si. The lowest BCUT2D eigenvalue weighted by molar-refractivity contribution is 0.679. The Morgan fingerprint density at radius 3 is 2.50 bits per heavy atom. The second-order valence-corrected chi connectivity index (χ2v) is 6.38. The molecule has 1 aromatic rings. The van der Waals surface area contributed by atoms with Gasteiger partial charge in [-0.3, -0.25) is 0 Å². The van der Waals surface area contributed by atoms with E-state index in [1.54, 1.807) is 0 Å². The summed E-state index contributed by atoms with van der Waals surface area (Å²) < 4.78 is -0.945. The van der Waals surface area contributed by atoms with Crippen LogP contribution in [0.2, 0.25) is 5.02 Å². The van der Waals surface area contributed by atoms with E-state index in [-0.39, 0.29) is 5.92 Å². The van der Waals surface area contributed by atoms with Crippen molar-refractivity contribution in [1.82, 2.24) is 0 Å². The summed E-state index contributed by atoms with van der Waals surface area (Å²) in [6, 6.07) is 7.58. The SMILES string of the molecule is CCC(c1cccc(Cl)c1)C([Si])(Cl)Cl. The lowest BCUT2D eigenvalue weighted by Crippen LogP contribution is -2.23. The number of halogens is 3. The highest BCUT2D eigenvalue weighted by molar-refractivity contribution is 6.65. The molecule has 0 spiro atoms. The van der Waals surface area contributed by atoms with Crippen LogP contribution in [0.4, 0.5) is 0 Å². The second-order valence-electron chi connectivity index (χ2n) is 3.14. The van der Waals surface area contributed by atoms with E-state index in [1.165, 1.54) is 0 Å². The average Bonchev–Trinajstić information content (AvgIpc) is 2.02. The third-order valence-corrected chi connectivity index (χ3v) is 3.21. The summed E-state index contributed by atoms with van der Waals surface area (Å²) in [7, 11) is 3.31. The number of rotatable bonds is 3. The minimum Gasteiger partial charge on any atom is -0.106 e. The Bertz CT molecular complexity index is 306. The van der Waals surface area contributed by atoms with Gasteiger partial charge in [0.15, 0.2) is 0 Å². The summed E-state index contributed by atoms with van der Waals surface area (Å²) in [5, 5.41) is 0.699. The second kappa shape index (κ2) is 4.89. The third-order valence-electron chi connectivity index (χ3n) is 2.10. The van der Waals surface area contributed by atoms with Gasteiger partial charge in [-0.1, -0.05) is 30.7 Å². The van der Waals surface area contributed by atoms with E-state index in [0.29, 0.717) is 5.02 Å². The highest BCUT2D eigenvalue weighted by Gasteiger charge is 2.29. The Labute approximate surface area is 103 Å². The fourth-order valence-electron chi connectivity index (χ4n) is 1.42. The summed E-state index contributed by atoms with van der Waals surface area (Å²) in [4.78, 5) is 0. The number of hydrogen-bond donors (Lipinski definition) is 0. The average molecular weight is 265 g/mol. The first-order valence-electron chi connectivity index (χ1n) is 4.33. The molecule has 1 unspecified atom stereocenters. The van der Waals surface area contributed by atoms with E-state index in [0.717, 1.165) is 12.0 Å². The van der Waals surface area contributed by atoms with Gasteiger partial charge < -0.3 is 0 Å². The molecule has 0 amide bonds. The molecule has 1 aromatic carbocycles. The van der Waals surface area contributed by atoms with Crippen LogP contribution >= 0.6 is 34.8 Å². The first-order valence-corrected chi connectivity index (χ1v) is 5.96. The summed E-state index contributed by atoms with van der Waals surface area (Å²) in [5.74, 6) is 0.0289. The highest BCUT2D eigenvalue weighted by Crippen LogP contribution is 2.38. The topological polar surface area (TPSA) is 0 Å². The molecule has 0 aliphatic rings. The zero-order chi connectivity index (χ0) is 10.8. The summed E-state index contributed by atoms with van der Waals surface area (Å²) in [5.41, 5.74) is 1.04. The number of benzene rings is 1. The Morgan fingerprint density at radius 2 is 2.07 bits per heavy atom. The molecule has 0 saturated carbocycles. The molecule has 0 fully saturated rings. The van der Waals surface area contributed by atoms with Gasteiger partial charge in [-0.05, 0) is 24.1 Å². The van der Waals surface area contributed by atoms with Gasteiger partial charge >= 0.3 is 0 Å². The van der Waals surface area contributed by atoms with E-state index in [2.05, 4.69) is 10.2 Å². The highest BCUT2D eigenvalue weighted by atomic mass is 35.5. The Balaban J connectivity index is 3.01. The van der Waals surface area contributed by atoms with Crippen molar-refractivity contribution in [3.05, 3.63) is 34.9 Å². The van der Waals surface area contributed by atoms with E-state index < -0.39 is 3.96 Å². The standard InChI is InChI=1S/C10H10Cl3Si/c1-2-9(10(12,13)14)7-4-3-5-8(11)6-7/h3-6,9H,2H2,1H3. The van der Waals surface area contributed by atoms with Gasteiger partial charge in [0.2, 0.25) is 0 Å². The van der Waals surface area contributed by atoms with Crippen LogP contribution in [0.3, 0.4) is 0 Å². The van der Waals surface area contributed by atoms with Crippen LogP contribution in [-0.4, -0.2) is 14.2 Å². The number of hydrogen-bond acceptors (Lipinski definition) is 0. The van der Waals surface area contributed by atoms with Crippen molar-refractivity contribution in [1.29, 1.82) is 0 Å². The Morgan fingerprint density at radius 1 is 1.43 bits per heavy atom. The van der Waals surface area contributed by atoms with E-state index in [9.17, 15) is 0 Å². The van der Waals surface area contributed by atoms with Gasteiger partial charge in [0.25, 0.3) is 0 Å². The zero-order valence-corrected chi connectivity index (χ0v) is 11.0. The van der Waals surface area contributed by atoms with Gasteiger partial charge in [0.05, 0.1) is 10.2 Å². The Hall–Kier alpha value is 0.307. The van der Waals surface area contributed by atoms with Crippen LogP contribution in [0.1, 0.15) is 24.8 Å². The zero-order valence-electron chi connectivity index (χ0n) is 7.73. The fourth-order valence-corrected chi connectivity index (χ4v) is 2.55. The van der Waals surface area contributed by atoms with Gasteiger partial charge in [-0.15, -0.1) is 23.2 Å². The summed E-state index contributed by atoms with van der Waals surface area (Å²) in [6.07, 6.45) is 0.844. The molecule has 4 heteroatoms. The molecular weight excluding hydrogens is 255 g/mol. The van der Waals surface area contributed by atoms with Crippen LogP contribution in [0.5, 0.6) is 0 Å². The van der Waals surface area contributed by atoms with Crippen molar-refractivity contribution in [2.75, 3.05) is 0 Å². The molecule has 1 atom stereocenters. The first kappa shape index (κ1) is 12.4. The monoisotopic (exact) mass is 263 g/mol. The Kier molecular flexibility index (Phi) is 4.32. The number of alkyl halides is 2. The lowest BCUT2D eigenvalue weighted by Gasteiger charge is -2.25. The van der Waals surface area contributed by atoms with E-state index in [1.807, 2.05) is 31.2 Å². The van der Waals surface area contributed by atoms with E-state index in [4.69, 9.17) is 34.8 Å². The molecule has 0 aromatic heterocycles. The molecule has 0 N–H and O–H groups in total. The molecule has 1 rings (SSSR count). The van der Waals surface area contributed by atoms with Crippen molar-refractivity contribution in [2.45, 2.75) is 23.2 Å². The van der Waals surface area contributed by atoms with Crippen molar-refractivity contribution in [2.24, 2.45) is 0 Å². The van der Waals surface area contributed by atoms with Crippen LogP contribution in [-0.2, 0) is 0 Å². The van der Waals surface area contributed by atoms with Crippen LogP contribution in [0.25, 0.3) is 0 Å². The third kappa shape index (κ3) is 3.16. The van der Waals surface area contributed by atoms with Crippen LogP contribution < -0.4 is 0 Å². The molecule has 0 saturated heterocycles. The first-order chi connectivity index (χ1) is 6.45. The molecule has 0 aliphatic carbocycles. The lowest BCUT2D eigenvalue weighted by atomic mass is 9.98. The smallest absolute Gasteiger partial charge is 0.106 e.